The summed E-state index contributed by atoms with van der Waals surface area (Å²) in [5.41, 5.74) is 7.38. The minimum absolute atomic E-state index is 0.0465. The summed E-state index contributed by atoms with van der Waals surface area (Å²) in [6.45, 7) is 0.434. The number of nitrogens with zero attached hydrogens (tertiary/aromatic N) is 2. The van der Waals surface area contributed by atoms with Gasteiger partial charge in [0.05, 0.1) is 22.9 Å². The van der Waals surface area contributed by atoms with Gasteiger partial charge in [0.15, 0.2) is 9.84 Å². The van der Waals surface area contributed by atoms with Crippen LogP contribution in [0.4, 0.5) is 0 Å². The summed E-state index contributed by atoms with van der Waals surface area (Å²) in [6.07, 6.45) is 1.64. The first-order valence-electron chi connectivity index (χ1n) is 5.45. The van der Waals surface area contributed by atoms with Crippen molar-refractivity contribution in [2.24, 2.45) is 12.8 Å². The molecule has 0 amide bonds. The van der Waals surface area contributed by atoms with Crippen molar-refractivity contribution in [2.45, 2.75) is 25.3 Å². The van der Waals surface area contributed by atoms with Crippen LogP contribution in [0, 0.1) is 0 Å². The first kappa shape index (κ1) is 11.6. The van der Waals surface area contributed by atoms with Gasteiger partial charge in [-0.15, -0.1) is 0 Å². The molecule has 0 saturated carbocycles. The molecule has 1 fully saturated rings. The second-order valence-electron chi connectivity index (χ2n) is 4.34. The molecule has 6 heteroatoms. The molecule has 1 aliphatic heterocycles. The van der Waals surface area contributed by atoms with E-state index in [9.17, 15) is 8.42 Å². The molecule has 1 saturated heterocycles. The summed E-state index contributed by atoms with van der Waals surface area (Å²) < 4.78 is 24.8. The smallest absolute Gasteiger partial charge is 0.150 e. The Bertz CT molecular complexity index is 478. The van der Waals surface area contributed by atoms with Gasteiger partial charge in [-0.1, -0.05) is 0 Å². The molecule has 5 nitrogen and oxygen atoms in total. The quantitative estimate of drug-likeness (QED) is 0.803. The van der Waals surface area contributed by atoms with Gasteiger partial charge < -0.3 is 5.73 Å². The summed E-state index contributed by atoms with van der Waals surface area (Å²) >= 11 is 0. The molecular weight excluding hydrogens is 226 g/mol. The fraction of sp³-hybridized carbons (Fsp3) is 0.700. The third-order valence-electron chi connectivity index (χ3n) is 3.09. The van der Waals surface area contributed by atoms with Gasteiger partial charge in [-0.05, 0) is 18.9 Å². The van der Waals surface area contributed by atoms with Crippen LogP contribution in [-0.2, 0) is 23.4 Å². The molecule has 1 atom stereocenters. The van der Waals surface area contributed by atoms with Crippen LogP contribution in [0.15, 0.2) is 6.07 Å². The third kappa shape index (κ3) is 2.27. The molecule has 1 aromatic rings. The van der Waals surface area contributed by atoms with E-state index in [0.29, 0.717) is 12.3 Å². The molecule has 1 unspecified atom stereocenters. The van der Waals surface area contributed by atoms with E-state index in [1.54, 1.807) is 4.68 Å². The summed E-state index contributed by atoms with van der Waals surface area (Å²) in [6, 6.07) is 1.92. The Morgan fingerprint density at radius 1 is 1.62 bits per heavy atom. The first-order chi connectivity index (χ1) is 7.52. The SMILES string of the molecule is Cn1nc(C2CCCS(=O)(=O)C2)cc1CN. The molecule has 0 radical (unpaired) electrons. The fourth-order valence-corrected chi connectivity index (χ4v) is 3.90. The highest BCUT2D eigenvalue weighted by molar-refractivity contribution is 7.91. The zero-order valence-corrected chi connectivity index (χ0v) is 10.2. The van der Waals surface area contributed by atoms with Crippen molar-refractivity contribution in [3.63, 3.8) is 0 Å². The minimum atomic E-state index is -2.87. The average molecular weight is 243 g/mol. The van der Waals surface area contributed by atoms with E-state index in [1.807, 2.05) is 13.1 Å². The van der Waals surface area contributed by atoms with Gasteiger partial charge in [-0.2, -0.15) is 5.10 Å². The van der Waals surface area contributed by atoms with Crippen molar-refractivity contribution in [3.8, 4) is 0 Å². The van der Waals surface area contributed by atoms with E-state index in [-0.39, 0.29) is 11.7 Å². The average Bonchev–Trinajstić information content (AvgIpc) is 2.58. The van der Waals surface area contributed by atoms with Gasteiger partial charge in [0.1, 0.15) is 0 Å². The Kier molecular flexibility index (Phi) is 3.03. The predicted molar refractivity (Wildman–Crippen MR) is 61.7 cm³/mol. The van der Waals surface area contributed by atoms with Gasteiger partial charge >= 0.3 is 0 Å². The summed E-state index contributed by atoms with van der Waals surface area (Å²) in [5.74, 6) is 0.596. The van der Waals surface area contributed by atoms with E-state index in [1.165, 1.54) is 0 Å². The van der Waals surface area contributed by atoms with Crippen LogP contribution in [0.2, 0.25) is 0 Å². The van der Waals surface area contributed by atoms with Crippen LogP contribution in [-0.4, -0.2) is 29.7 Å². The van der Waals surface area contributed by atoms with Crippen LogP contribution >= 0.6 is 0 Å². The molecule has 0 aromatic carbocycles. The molecule has 1 aliphatic rings. The minimum Gasteiger partial charge on any atom is -0.325 e. The summed E-state index contributed by atoms with van der Waals surface area (Å²) in [4.78, 5) is 0. The Hall–Kier alpha value is -0.880. The largest absolute Gasteiger partial charge is 0.325 e. The normalized spacial score (nSPS) is 24.5. The number of hydrogen-bond acceptors (Lipinski definition) is 4. The summed E-state index contributed by atoms with van der Waals surface area (Å²) in [7, 11) is -1.03. The maximum atomic E-state index is 11.5. The molecule has 1 aromatic heterocycles. The Morgan fingerprint density at radius 3 is 2.94 bits per heavy atom. The van der Waals surface area contributed by atoms with E-state index in [0.717, 1.165) is 24.2 Å². The lowest BCUT2D eigenvalue weighted by atomic mass is 10.0. The van der Waals surface area contributed by atoms with E-state index < -0.39 is 9.84 Å². The van der Waals surface area contributed by atoms with Crippen molar-refractivity contribution in [1.82, 2.24) is 9.78 Å². The lowest BCUT2D eigenvalue weighted by Gasteiger charge is -2.19. The highest BCUT2D eigenvalue weighted by atomic mass is 32.2. The van der Waals surface area contributed by atoms with Crippen LogP contribution in [0.25, 0.3) is 0 Å². The standard InChI is InChI=1S/C10H17N3O2S/c1-13-9(6-11)5-10(12-13)8-3-2-4-16(14,15)7-8/h5,8H,2-4,6-7,11H2,1H3. The van der Waals surface area contributed by atoms with Crippen LogP contribution < -0.4 is 5.73 Å². The molecule has 2 heterocycles. The third-order valence-corrected chi connectivity index (χ3v) is 4.91. The number of sulfone groups is 1. The zero-order valence-electron chi connectivity index (χ0n) is 9.39. The van der Waals surface area contributed by atoms with Crippen molar-refractivity contribution < 1.29 is 8.42 Å². The molecule has 90 valence electrons. The Balaban J connectivity index is 2.23. The second kappa shape index (κ2) is 4.18. The topological polar surface area (TPSA) is 78.0 Å². The van der Waals surface area contributed by atoms with Crippen LogP contribution in [0.1, 0.15) is 30.1 Å². The molecule has 2 rings (SSSR count). The monoisotopic (exact) mass is 243 g/mol. The summed E-state index contributed by atoms with van der Waals surface area (Å²) in [5, 5.41) is 4.34. The highest BCUT2D eigenvalue weighted by Gasteiger charge is 2.27. The lowest BCUT2D eigenvalue weighted by Crippen LogP contribution is -2.24. The van der Waals surface area contributed by atoms with E-state index in [4.69, 9.17) is 5.73 Å². The van der Waals surface area contributed by atoms with Gasteiger partial charge in [0.25, 0.3) is 0 Å². The van der Waals surface area contributed by atoms with Crippen LogP contribution in [0.5, 0.6) is 0 Å². The number of aromatic nitrogens is 2. The lowest BCUT2D eigenvalue weighted by molar-refractivity contribution is 0.545. The zero-order chi connectivity index (χ0) is 11.8. The maximum absolute atomic E-state index is 11.5. The van der Waals surface area contributed by atoms with Crippen molar-refractivity contribution in [3.05, 3.63) is 17.5 Å². The van der Waals surface area contributed by atoms with Crippen molar-refractivity contribution >= 4 is 9.84 Å². The van der Waals surface area contributed by atoms with Crippen molar-refractivity contribution in [2.75, 3.05) is 11.5 Å². The Morgan fingerprint density at radius 2 is 2.38 bits per heavy atom. The van der Waals surface area contributed by atoms with Gasteiger partial charge in [0, 0.05) is 19.5 Å². The maximum Gasteiger partial charge on any atom is 0.150 e. The van der Waals surface area contributed by atoms with E-state index in [2.05, 4.69) is 5.10 Å². The molecule has 0 bridgehead atoms. The molecular formula is C10H17N3O2S. The molecule has 2 N–H and O–H groups in total. The predicted octanol–water partition coefficient (Wildman–Crippen LogP) is 0.171. The molecule has 16 heavy (non-hydrogen) atoms. The number of rotatable bonds is 2. The number of aryl methyl sites for hydroxylation is 1. The van der Waals surface area contributed by atoms with E-state index >= 15 is 0 Å². The van der Waals surface area contributed by atoms with Crippen LogP contribution in [0.3, 0.4) is 0 Å². The molecule has 0 aliphatic carbocycles. The number of hydrogen-bond donors (Lipinski definition) is 1. The molecule has 0 spiro atoms. The highest BCUT2D eigenvalue weighted by Crippen LogP contribution is 2.27. The number of nitrogens with two attached hydrogens (primary N) is 1. The van der Waals surface area contributed by atoms with Crippen molar-refractivity contribution in [1.29, 1.82) is 0 Å². The fourth-order valence-electron chi connectivity index (χ4n) is 2.18. The first-order valence-corrected chi connectivity index (χ1v) is 7.27. The van der Waals surface area contributed by atoms with Gasteiger partial charge in [-0.3, -0.25) is 4.68 Å². The Labute approximate surface area is 95.6 Å². The van der Waals surface area contributed by atoms with Gasteiger partial charge in [0.2, 0.25) is 0 Å². The van der Waals surface area contributed by atoms with Gasteiger partial charge in [-0.25, -0.2) is 8.42 Å². The second-order valence-corrected chi connectivity index (χ2v) is 6.57.